The Morgan fingerprint density at radius 1 is 1.03 bits per heavy atom. The molecule has 33 heavy (non-hydrogen) atoms. The van der Waals surface area contributed by atoms with Gasteiger partial charge in [0.15, 0.2) is 0 Å². The van der Waals surface area contributed by atoms with Gasteiger partial charge in [0, 0.05) is 24.0 Å². The number of hydrazine groups is 1. The van der Waals surface area contributed by atoms with Crippen molar-refractivity contribution in [2.45, 2.75) is 32.6 Å². The molecule has 0 saturated carbocycles. The van der Waals surface area contributed by atoms with E-state index in [1.165, 1.54) is 16.6 Å². The molecule has 0 radical (unpaired) electrons. The van der Waals surface area contributed by atoms with Gasteiger partial charge in [-0.15, -0.1) is 5.10 Å². The zero-order chi connectivity index (χ0) is 23.2. The molecule has 2 N–H and O–H groups in total. The molecule has 4 rings (SSSR count). The van der Waals surface area contributed by atoms with Crippen molar-refractivity contribution < 1.29 is 14.1 Å². The molecule has 0 fully saturated rings. The van der Waals surface area contributed by atoms with E-state index < -0.39 is 5.91 Å². The smallest absolute Gasteiger partial charge is 0.269 e. The van der Waals surface area contributed by atoms with E-state index in [2.05, 4.69) is 50.4 Å². The Hall–Kier alpha value is -4.41. The quantitative estimate of drug-likeness (QED) is 0.412. The van der Waals surface area contributed by atoms with Crippen molar-refractivity contribution in [2.75, 3.05) is 0 Å². The van der Waals surface area contributed by atoms with Gasteiger partial charge < -0.3 is 4.52 Å². The Bertz CT molecular complexity index is 1220. The highest BCUT2D eigenvalue weighted by atomic mass is 16.5. The summed E-state index contributed by atoms with van der Waals surface area (Å²) in [6, 6.07) is 14.5. The molecule has 2 aromatic heterocycles. The number of aromatic nitrogens is 6. The Labute approximate surface area is 189 Å². The normalized spacial score (nSPS) is 10.9. The lowest BCUT2D eigenvalue weighted by Gasteiger charge is -2.07. The monoisotopic (exact) mass is 446 g/mol. The molecule has 0 unspecified atom stereocenters. The summed E-state index contributed by atoms with van der Waals surface area (Å²) in [6.45, 7) is 4.26. The number of aryl methyl sites for hydroxylation is 1. The Morgan fingerprint density at radius 2 is 1.79 bits per heavy atom. The minimum Gasteiger partial charge on any atom is -0.339 e. The van der Waals surface area contributed by atoms with Crippen LogP contribution in [0.15, 0.2) is 59.4 Å². The van der Waals surface area contributed by atoms with Crippen LogP contribution in [0.4, 0.5) is 0 Å². The first-order valence-electron chi connectivity index (χ1n) is 10.3. The van der Waals surface area contributed by atoms with Crippen LogP contribution in [0.2, 0.25) is 0 Å². The fourth-order valence-corrected chi connectivity index (χ4v) is 3.02. The van der Waals surface area contributed by atoms with Crippen molar-refractivity contribution in [3.8, 4) is 17.1 Å². The number of nitrogens with one attached hydrogen (secondary N) is 2. The minimum atomic E-state index is -0.448. The molecular weight excluding hydrogens is 424 g/mol. The number of hydrogen-bond acceptors (Lipinski definition) is 8. The van der Waals surface area contributed by atoms with Gasteiger partial charge in [-0.3, -0.25) is 20.4 Å². The molecule has 0 aliphatic rings. The average molecular weight is 446 g/mol. The van der Waals surface area contributed by atoms with Crippen LogP contribution < -0.4 is 10.9 Å². The Balaban J connectivity index is 1.24. The molecule has 2 heterocycles. The molecule has 4 aromatic rings. The largest absolute Gasteiger partial charge is 0.339 e. The number of amides is 2. The maximum absolute atomic E-state index is 12.2. The molecule has 0 saturated heterocycles. The molecule has 2 aromatic carbocycles. The number of nitrogens with zero attached hydrogens (tertiary/aromatic N) is 6. The molecule has 0 spiro atoms. The predicted octanol–water partition coefficient (Wildman–Crippen LogP) is 2.23. The summed E-state index contributed by atoms with van der Waals surface area (Å²) in [4.78, 5) is 28.7. The van der Waals surface area contributed by atoms with Gasteiger partial charge in [-0.05, 0) is 46.2 Å². The third kappa shape index (κ3) is 5.45. The van der Waals surface area contributed by atoms with Gasteiger partial charge in [-0.25, -0.2) is 4.68 Å². The number of rotatable bonds is 7. The lowest BCUT2D eigenvalue weighted by molar-refractivity contribution is -0.121. The van der Waals surface area contributed by atoms with Gasteiger partial charge in [-0.2, -0.15) is 4.98 Å². The molecule has 0 aliphatic carbocycles. The van der Waals surface area contributed by atoms with Crippen LogP contribution in [0.1, 0.15) is 48.0 Å². The van der Waals surface area contributed by atoms with Crippen molar-refractivity contribution in [3.05, 3.63) is 71.9 Å². The van der Waals surface area contributed by atoms with E-state index in [4.69, 9.17) is 4.52 Å². The van der Waals surface area contributed by atoms with Gasteiger partial charge in [0.2, 0.25) is 17.6 Å². The van der Waals surface area contributed by atoms with Crippen molar-refractivity contribution in [1.29, 1.82) is 0 Å². The van der Waals surface area contributed by atoms with Crippen molar-refractivity contribution >= 4 is 11.8 Å². The summed E-state index contributed by atoms with van der Waals surface area (Å²) in [7, 11) is 0. The maximum Gasteiger partial charge on any atom is 0.269 e. The standard InChI is InChI=1S/C22H22N8O3/c1-14(2)15-3-5-16(6-4-15)21-24-20(33-27-21)12-11-19(31)25-26-22(32)17-7-9-18(10-8-17)30-13-23-28-29-30/h3-10,13-14H,11-12H2,1-2H3,(H,25,31)(H,26,32). The first-order chi connectivity index (χ1) is 16.0. The highest BCUT2D eigenvalue weighted by Crippen LogP contribution is 2.20. The van der Waals surface area contributed by atoms with Gasteiger partial charge >= 0.3 is 0 Å². The Kier molecular flexibility index (Phi) is 6.48. The second-order valence-corrected chi connectivity index (χ2v) is 7.59. The van der Waals surface area contributed by atoms with Crippen LogP contribution >= 0.6 is 0 Å². The Morgan fingerprint density at radius 3 is 2.45 bits per heavy atom. The third-order valence-corrected chi connectivity index (χ3v) is 4.93. The van der Waals surface area contributed by atoms with Gasteiger partial charge in [0.05, 0.1) is 5.69 Å². The van der Waals surface area contributed by atoms with E-state index in [1.807, 2.05) is 24.3 Å². The molecule has 0 aliphatic heterocycles. The number of benzene rings is 2. The topological polar surface area (TPSA) is 141 Å². The number of carbonyl (C=O) groups is 2. The van der Waals surface area contributed by atoms with E-state index in [9.17, 15) is 9.59 Å². The van der Waals surface area contributed by atoms with E-state index in [0.717, 1.165) is 5.56 Å². The molecule has 11 heteroatoms. The second kappa shape index (κ2) is 9.81. The number of tetrazole rings is 1. The van der Waals surface area contributed by atoms with E-state index in [0.29, 0.717) is 28.9 Å². The number of carbonyl (C=O) groups excluding carboxylic acids is 2. The summed E-state index contributed by atoms with van der Waals surface area (Å²) in [5.74, 6) is 0.429. The summed E-state index contributed by atoms with van der Waals surface area (Å²) >= 11 is 0. The first-order valence-corrected chi connectivity index (χ1v) is 10.3. The van der Waals surface area contributed by atoms with Crippen LogP contribution in [0.25, 0.3) is 17.1 Å². The molecule has 2 amide bonds. The second-order valence-electron chi connectivity index (χ2n) is 7.59. The zero-order valence-corrected chi connectivity index (χ0v) is 18.1. The molecule has 11 nitrogen and oxygen atoms in total. The highest BCUT2D eigenvalue weighted by Gasteiger charge is 2.12. The highest BCUT2D eigenvalue weighted by molar-refractivity contribution is 5.95. The van der Waals surface area contributed by atoms with Crippen molar-refractivity contribution in [3.63, 3.8) is 0 Å². The first kappa shape index (κ1) is 21.8. The van der Waals surface area contributed by atoms with Gasteiger partial charge in [0.1, 0.15) is 6.33 Å². The molecule has 0 bridgehead atoms. The van der Waals surface area contributed by atoms with Crippen LogP contribution in [0.3, 0.4) is 0 Å². The predicted molar refractivity (Wildman–Crippen MR) is 117 cm³/mol. The van der Waals surface area contributed by atoms with Crippen LogP contribution in [-0.4, -0.2) is 42.2 Å². The fraction of sp³-hybridized carbons (Fsp3) is 0.227. The zero-order valence-electron chi connectivity index (χ0n) is 18.1. The average Bonchev–Trinajstić information content (AvgIpc) is 3.54. The summed E-state index contributed by atoms with van der Waals surface area (Å²) in [6.07, 6.45) is 1.77. The van der Waals surface area contributed by atoms with Crippen LogP contribution in [0.5, 0.6) is 0 Å². The van der Waals surface area contributed by atoms with Gasteiger partial charge in [-0.1, -0.05) is 43.3 Å². The molecule has 168 valence electrons. The minimum absolute atomic E-state index is 0.0758. The summed E-state index contributed by atoms with van der Waals surface area (Å²) < 4.78 is 6.70. The lowest BCUT2D eigenvalue weighted by atomic mass is 10.0. The third-order valence-electron chi connectivity index (χ3n) is 4.93. The van der Waals surface area contributed by atoms with E-state index in [-0.39, 0.29) is 18.7 Å². The van der Waals surface area contributed by atoms with Crippen LogP contribution in [0, 0.1) is 0 Å². The maximum atomic E-state index is 12.2. The SMILES string of the molecule is CC(C)c1ccc(-c2noc(CCC(=O)NNC(=O)c3ccc(-n4cnnn4)cc3)n2)cc1. The summed E-state index contributed by atoms with van der Waals surface area (Å²) in [5.41, 5.74) is 7.91. The molecule has 0 atom stereocenters. The van der Waals surface area contributed by atoms with Gasteiger partial charge in [0.25, 0.3) is 5.91 Å². The fourth-order valence-electron chi connectivity index (χ4n) is 3.02. The lowest BCUT2D eigenvalue weighted by Crippen LogP contribution is -2.41. The van der Waals surface area contributed by atoms with Crippen LogP contribution in [-0.2, 0) is 11.2 Å². The molecular formula is C22H22N8O3. The van der Waals surface area contributed by atoms with E-state index in [1.54, 1.807) is 24.3 Å². The van der Waals surface area contributed by atoms with Crippen molar-refractivity contribution in [2.24, 2.45) is 0 Å². The summed E-state index contributed by atoms with van der Waals surface area (Å²) in [5, 5.41) is 14.9. The van der Waals surface area contributed by atoms with Crippen molar-refractivity contribution in [1.82, 2.24) is 41.2 Å². The van der Waals surface area contributed by atoms with E-state index >= 15 is 0 Å². The number of hydrogen-bond donors (Lipinski definition) is 2.